The van der Waals surface area contributed by atoms with Gasteiger partial charge >= 0.3 is 0 Å². The molecule has 1 saturated heterocycles. The highest BCUT2D eigenvalue weighted by atomic mass is 16.2. The largest absolute Gasteiger partial charge is 0.398 e. The van der Waals surface area contributed by atoms with Crippen molar-refractivity contribution in [2.45, 2.75) is 6.54 Å². The Morgan fingerprint density at radius 3 is 2.41 bits per heavy atom. The number of rotatable bonds is 3. The van der Waals surface area contributed by atoms with Crippen LogP contribution in [0.1, 0.15) is 15.9 Å². The summed E-state index contributed by atoms with van der Waals surface area (Å²) in [6.45, 7) is 4.12. The highest BCUT2D eigenvalue weighted by Crippen LogP contribution is 2.15. The minimum atomic E-state index is 0.0293. The van der Waals surface area contributed by atoms with Crippen molar-refractivity contribution in [1.29, 1.82) is 0 Å². The molecule has 0 aliphatic carbocycles. The van der Waals surface area contributed by atoms with Gasteiger partial charge in [0.2, 0.25) is 0 Å². The summed E-state index contributed by atoms with van der Waals surface area (Å²) in [4.78, 5) is 20.8. The Hall–Kier alpha value is -2.40. The molecule has 0 atom stereocenters. The van der Waals surface area contributed by atoms with Crippen LogP contribution in [0, 0.1) is 0 Å². The number of piperazine rings is 1. The number of hydrogen-bond donors (Lipinski definition) is 1. The number of nitrogens with zero attached hydrogens (tertiary/aromatic N) is 3. The van der Waals surface area contributed by atoms with Gasteiger partial charge in [0.15, 0.2) is 0 Å². The molecular weight excluding hydrogens is 276 g/mol. The molecule has 0 saturated carbocycles. The number of carbonyl (C=O) groups is 1. The molecule has 5 heteroatoms. The van der Waals surface area contributed by atoms with Crippen molar-refractivity contribution in [1.82, 2.24) is 14.8 Å². The summed E-state index contributed by atoms with van der Waals surface area (Å²) >= 11 is 0. The zero-order valence-electron chi connectivity index (χ0n) is 12.5. The van der Waals surface area contributed by atoms with Gasteiger partial charge in [-0.25, -0.2) is 0 Å². The van der Waals surface area contributed by atoms with Crippen LogP contribution >= 0.6 is 0 Å². The lowest BCUT2D eigenvalue weighted by Crippen LogP contribution is -2.48. The number of nitrogen functional groups attached to an aromatic ring is 1. The Balaban J connectivity index is 1.58. The van der Waals surface area contributed by atoms with E-state index in [1.807, 2.05) is 41.6 Å². The van der Waals surface area contributed by atoms with Gasteiger partial charge in [-0.3, -0.25) is 14.7 Å². The van der Waals surface area contributed by atoms with Crippen LogP contribution in [0.15, 0.2) is 48.8 Å². The van der Waals surface area contributed by atoms with E-state index in [1.54, 1.807) is 12.1 Å². The quantitative estimate of drug-likeness (QED) is 0.874. The van der Waals surface area contributed by atoms with Crippen molar-refractivity contribution < 1.29 is 4.79 Å². The molecule has 0 spiro atoms. The first-order valence-corrected chi connectivity index (χ1v) is 7.49. The summed E-state index contributed by atoms with van der Waals surface area (Å²) in [5, 5.41) is 0. The standard InChI is InChI=1S/C17H20N4O/c18-16-4-2-1-3-15(16)17(22)21-11-9-20(10-12-21)13-14-5-7-19-8-6-14/h1-8H,9-13,18H2. The second kappa shape index (κ2) is 6.58. The minimum Gasteiger partial charge on any atom is -0.398 e. The van der Waals surface area contributed by atoms with E-state index in [4.69, 9.17) is 5.73 Å². The summed E-state index contributed by atoms with van der Waals surface area (Å²) in [5.74, 6) is 0.0293. The third-order valence-electron chi connectivity index (χ3n) is 4.01. The second-order valence-corrected chi connectivity index (χ2v) is 5.51. The van der Waals surface area contributed by atoms with Gasteiger partial charge in [0, 0.05) is 50.8 Å². The van der Waals surface area contributed by atoms with Crippen molar-refractivity contribution >= 4 is 11.6 Å². The maximum Gasteiger partial charge on any atom is 0.256 e. The maximum atomic E-state index is 12.5. The van der Waals surface area contributed by atoms with E-state index in [9.17, 15) is 4.79 Å². The summed E-state index contributed by atoms with van der Waals surface area (Å²) in [5.41, 5.74) is 8.30. The molecule has 1 aromatic heterocycles. The molecule has 0 bridgehead atoms. The predicted octanol–water partition coefficient (Wildman–Crippen LogP) is 1.62. The van der Waals surface area contributed by atoms with E-state index in [0.717, 1.165) is 32.7 Å². The smallest absolute Gasteiger partial charge is 0.256 e. The molecule has 22 heavy (non-hydrogen) atoms. The summed E-state index contributed by atoms with van der Waals surface area (Å²) in [6, 6.07) is 11.3. The van der Waals surface area contributed by atoms with Gasteiger partial charge in [-0.05, 0) is 29.8 Å². The van der Waals surface area contributed by atoms with E-state index < -0.39 is 0 Å². The van der Waals surface area contributed by atoms with E-state index in [0.29, 0.717) is 11.3 Å². The average molecular weight is 296 g/mol. The molecule has 2 heterocycles. The van der Waals surface area contributed by atoms with Crippen molar-refractivity contribution in [2.75, 3.05) is 31.9 Å². The zero-order valence-corrected chi connectivity index (χ0v) is 12.5. The van der Waals surface area contributed by atoms with Crippen LogP contribution in [0.2, 0.25) is 0 Å². The van der Waals surface area contributed by atoms with Crippen LogP contribution in [0.5, 0.6) is 0 Å². The fourth-order valence-electron chi connectivity index (χ4n) is 2.72. The highest BCUT2D eigenvalue weighted by molar-refractivity contribution is 5.99. The number of nitrogens with two attached hydrogens (primary N) is 1. The minimum absolute atomic E-state index is 0.0293. The lowest BCUT2D eigenvalue weighted by Gasteiger charge is -2.35. The molecule has 1 aliphatic rings. The topological polar surface area (TPSA) is 62.5 Å². The molecule has 1 aromatic carbocycles. The van der Waals surface area contributed by atoms with Crippen LogP contribution in [-0.4, -0.2) is 46.9 Å². The third kappa shape index (κ3) is 3.26. The molecule has 1 aliphatic heterocycles. The van der Waals surface area contributed by atoms with Gasteiger partial charge < -0.3 is 10.6 Å². The number of benzene rings is 1. The van der Waals surface area contributed by atoms with Crippen LogP contribution in [0.25, 0.3) is 0 Å². The molecule has 0 radical (unpaired) electrons. The van der Waals surface area contributed by atoms with Crippen LogP contribution < -0.4 is 5.73 Å². The second-order valence-electron chi connectivity index (χ2n) is 5.51. The SMILES string of the molecule is Nc1ccccc1C(=O)N1CCN(Cc2ccncc2)CC1. The molecule has 2 aromatic rings. The number of aromatic nitrogens is 1. The average Bonchev–Trinajstić information content (AvgIpc) is 2.56. The van der Waals surface area contributed by atoms with Crippen LogP contribution in [0.3, 0.4) is 0 Å². The number of para-hydroxylation sites is 1. The monoisotopic (exact) mass is 296 g/mol. The Morgan fingerprint density at radius 1 is 1.05 bits per heavy atom. The van der Waals surface area contributed by atoms with Gasteiger partial charge in [-0.15, -0.1) is 0 Å². The Morgan fingerprint density at radius 2 is 1.73 bits per heavy atom. The molecule has 5 nitrogen and oxygen atoms in total. The van der Waals surface area contributed by atoms with Gasteiger partial charge in [0.1, 0.15) is 0 Å². The lowest BCUT2D eigenvalue weighted by atomic mass is 10.1. The molecule has 3 rings (SSSR count). The van der Waals surface area contributed by atoms with Gasteiger partial charge in [0.25, 0.3) is 5.91 Å². The third-order valence-corrected chi connectivity index (χ3v) is 4.01. The first-order valence-electron chi connectivity index (χ1n) is 7.49. The summed E-state index contributed by atoms with van der Waals surface area (Å²) in [7, 11) is 0. The number of amides is 1. The van der Waals surface area contributed by atoms with E-state index in [-0.39, 0.29) is 5.91 Å². The number of anilines is 1. The van der Waals surface area contributed by atoms with Crippen LogP contribution in [-0.2, 0) is 6.54 Å². The Labute approximate surface area is 130 Å². The van der Waals surface area contributed by atoms with Crippen molar-refractivity contribution in [2.24, 2.45) is 0 Å². The normalized spacial score (nSPS) is 15.7. The zero-order chi connectivity index (χ0) is 15.4. The Kier molecular flexibility index (Phi) is 4.34. The van der Waals surface area contributed by atoms with Crippen molar-refractivity contribution in [3.63, 3.8) is 0 Å². The number of carbonyl (C=O) groups excluding carboxylic acids is 1. The van der Waals surface area contributed by atoms with E-state index in [2.05, 4.69) is 9.88 Å². The molecule has 1 amide bonds. The molecule has 114 valence electrons. The number of hydrogen-bond acceptors (Lipinski definition) is 4. The molecule has 0 unspecified atom stereocenters. The number of pyridine rings is 1. The van der Waals surface area contributed by atoms with Crippen LogP contribution in [0.4, 0.5) is 5.69 Å². The Bertz CT molecular complexity index is 636. The molecule has 2 N–H and O–H groups in total. The molecule has 1 fully saturated rings. The predicted molar refractivity (Wildman–Crippen MR) is 86.3 cm³/mol. The lowest BCUT2D eigenvalue weighted by molar-refractivity contribution is 0.0629. The summed E-state index contributed by atoms with van der Waals surface area (Å²) < 4.78 is 0. The van der Waals surface area contributed by atoms with Gasteiger partial charge in [0.05, 0.1) is 5.56 Å². The van der Waals surface area contributed by atoms with Crippen molar-refractivity contribution in [3.8, 4) is 0 Å². The van der Waals surface area contributed by atoms with Gasteiger partial charge in [-0.2, -0.15) is 0 Å². The van der Waals surface area contributed by atoms with Crippen molar-refractivity contribution in [3.05, 3.63) is 59.9 Å². The fraction of sp³-hybridized carbons (Fsp3) is 0.294. The first-order chi connectivity index (χ1) is 10.7. The van der Waals surface area contributed by atoms with Gasteiger partial charge in [-0.1, -0.05) is 12.1 Å². The molecular formula is C17H20N4O. The highest BCUT2D eigenvalue weighted by Gasteiger charge is 2.23. The maximum absolute atomic E-state index is 12.5. The fourth-order valence-corrected chi connectivity index (χ4v) is 2.72. The van der Waals surface area contributed by atoms with E-state index in [1.165, 1.54) is 5.56 Å². The summed E-state index contributed by atoms with van der Waals surface area (Å²) in [6.07, 6.45) is 3.63. The first kappa shape index (κ1) is 14.5. The van der Waals surface area contributed by atoms with E-state index >= 15 is 0 Å².